The molecule has 0 aliphatic rings. The summed E-state index contributed by atoms with van der Waals surface area (Å²) in [6.07, 6.45) is 0.207. The Morgan fingerprint density at radius 1 is 0.857 bits per heavy atom. The molecule has 4 aromatic carbocycles. The molecule has 1 atom stereocenters. The molecule has 0 heterocycles. The third-order valence-corrected chi connectivity index (χ3v) is 9.19. The van der Waals surface area contributed by atoms with E-state index >= 15 is 0 Å². The highest BCUT2D eigenvalue weighted by Gasteiger charge is 2.34. The molecule has 0 saturated carbocycles. The van der Waals surface area contributed by atoms with Gasteiger partial charge >= 0.3 is 0 Å². The number of anilines is 1. The second-order valence-electron chi connectivity index (χ2n) is 9.74. The molecule has 1 N–H and O–H groups in total. The zero-order valence-electron chi connectivity index (χ0n) is 23.2. The standard InChI is InChI=1S/C32H31Cl2N3O4S/c1-23-15-17-28(18-16-23)42(40,41)37(27-13-8-12-26(33)20-27)22-31(38)36(21-25-11-6-7-14-29(25)34)30(32(39)35-2)19-24-9-4-3-5-10-24/h3-18,20,30H,19,21-22H2,1-2H3,(H,35,39)/t30-/m0/s1. The molecule has 4 rings (SSSR count). The van der Waals surface area contributed by atoms with Crippen molar-refractivity contribution >= 4 is 50.7 Å². The van der Waals surface area contributed by atoms with Gasteiger partial charge in [0.15, 0.2) is 0 Å². The number of nitrogens with one attached hydrogen (secondary N) is 1. The first kappa shape index (κ1) is 31.1. The van der Waals surface area contributed by atoms with Gasteiger partial charge in [0.05, 0.1) is 10.6 Å². The van der Waals surface area contributed by atoms with Crippen LogP contribution in [0.15, 0.2) is 108 Å². The van der Waals surface area contributed by atoms with Crippen molar-refractivity contribution in [2.45, 2.75) is 30.8 Å². The molecule has 0 fully saturated rings. The van der Waals surface area contributed by atoms with Gasteiger partial charge < -0.3 is 10.2 Å². The Kier molecular flexibility index (Phi) is 10.3. The maximum Gasteiger partial charge on any atom is 0.264 e. The summed E-state index contributed by atoms with van der Waals surface area (Å²) in [5.74, 6) is -0.981. The quantitative estimate of drug-likeness (QED) is 0.226. The fourth-order valence-corrected chi connectivity index (χ4v) is 6.31. The number of hydrogen-bond donors (Lipinski definition) is 1. The molecule has 7 nitrogen and oxygen atoms in total. The van der Waals surface area contributed by atoms with Gasteiger partial charge in [0.2, 0.25) is 11.8 Å². The minimum atomic E-state index is -4.21. The van der Waals surface area contributed by atoms with Crippen LogP contribution in [0.3, 0.4) is 0 Å². The Bertz CT molecular complexity index is 1650. The number of nitrogens with zero attached hydrogens (tertiary/aromatic N) is 2. The van der Waals surface area contributed by atoms with E-state index in [1.54, 1.807) is 54.6 Å². The van der Waals surface area contributed by atoms with Gasteiger partial charge in [-0.15, -0.1) is 0 Å². The Labute approximate surface area is 256 Å². The summed E-state index contributed by atoms with van der Waals surface area (Å²) in [6.45, 7) is 1.26. The summed E-state index contributed by atoms with van der Waals surface area (Å²) < 4.78 is 29.0. The van der Waals surface area contributed by atoms with Crippen molar-refractivity contribution in [3.8, 4) is 0 Å². The first-order chi connectivity index (χ1) is 20.1. The van der Waals surface area contributed by atoms with Crippen molar-refractivity contribution in [2.75, 3.05) is 17.9 Å². The van der Waals surface area contributed by atoms with E-state index in [2.05, 4.69) is 5.32 Å². The van der Waals surface area contributed by atoms with Crippen LogP contribution in [0.2, 0.25) is 10.0 Å². The zero-order valence-corrected chi connectivity index (χ0v) is 25.5. The molecule has 0 spiro atoms. The van der Waals surface area contributed by atoms with E-state index in [9.17, 15) is 18.0 Å². The number of carbonyl (C=O) groups is 2. The number of amides is 2. The van der Waals surface area contributed by atoms with Crippen molar-refractivity contribution < 1.29 is 18.0 Å². The molecule has 0 saturated heterocycles. The fraction of sp³-hybridized carbons (Fsp3) is 0.188. The summed E-state index contributed by atoms with van der Waals surface area (Å²) >= 11 is 12.7. The number of likely N-dealkylation sites (N-methyl/N-ethyl adjacent to an activating group) is 1. The molecule has 218 valence electrons. The Balaban J connectivity index is 1.80. The van der Waals surface area contributed by atoms with E-state index in [0.717, 1.165) is 15.4 Å². The highest BCUT2D eigenvalue weighted by Crippen LogP contribution is 2.28. The minimum Gasteiger partial charge on any atom is -0.357 e. The van der Waals surface area contributed by atoms with Crippen molar-refractivity contribution in [3.05, 3.63) is 130 Å². The van der Waals surface area contributed by atoms with Crippen LogP contribution in [0.1, 0.15) is 16.7 Å². The number of hydrogen-bond acceptors (Lipinski definition) is 4. The molecule has 0 aliphatic carbocycles. The van der Waals surface area contributed by atoms with Crippen molar-refractivity contribution in [1.82, 2.24) is 10.2 Å². The van der Waals surface area contributed by atoms with Crippen LogP contribution in [-0.4, -0.2) is 44.8 Å². The van der Waals surface area contributed by atoms with Gasteiger partial charge in [0, 0.05) is 30.1 Å². The Morgan fingerprint density at radius 3 is 2.17 bits per heavy atom. The molecule has 0 aromatic heterocycles. The molecule has 0 unspecified atom stereocenters. The third kappa shape index (κ3) is 7.50. The van der Waals surface area contributed by atoms with Crippen LogP contribution >= 0.6 is 23.2 Å². The lowest BCUT2D eigenvalue weighted by Gasteiger charge is -2.33. The van der Waals surface area contributed by atoms with Crippen LogP contribution in [0.4, 0.5) is 5.69 Å². The second kappa shape index (κ2) is 13.9. The molecule has 4 aromatic rings. The zero-order chi connectivity index (χ0) is 30.3. The van der Waals surface area contributed by atoms with Crippen molar-refractivity contribution in [1.29, 1.82) is 0 Å². The first-order valence-corrected chi connectivity index (χ1v) is 15.4. The molecule has 0 bridgehead atoms. The lowest BCUT2D eigenvalue weighted by atomic mass is 10.0. The van der Waals surface area contributed by atoms with E-state index in [1.807, 2.05) is 37.3 Å². The number of benzene rings is 4. The van der Waals surface area contributed by atoms with Gasteiger partial charge in [0.25, 0.3) is 10.0 Å². The van der Waals surface area contributed by atoms with E-state index < -0.39 is 34.4 Å². The minimum absolute atomic E-state index is 0.0165. The third-order valence-electron chi connectivity index (χ3n) is 6.80. The number of aryl methyl sites for hydroxylation is 1. The second-order valence-corrected chi connectivity index (χ2v) is 12.4. The summed E-state index contributed by atoms with van der Waals surface area (Å²) in [5.41, 5.74) is 2.56. The SMILES string of the molecule is CNC(=O)[C@H](Cc1ccccc1)N(Cc1ccccc1Cl)C(=O)CN(c1cccc(Cl)c1)S(=O)(=O)c1ccc(C)cc1. The van der Waals surface area contributed by atoms with E-state index in [0.29, 0.717) is 15.6 Å². The lowest BCUT2D eigenvalue weighted by Crippen LogP contribution is -2.53. The van der Waals surface area contributed by atoms with Crippen LogP contribution < -0.4 is 9.62 Å². The van der Waals surface area contributed by atoms with Crippen LogP contribution in [0.5, 0.6) is 0 Å². The maximum absolute atomic E-state index is 14.3. The van der Waals surface area contributed by atoms with E-state index in [4.69, 9.17) is 23.2 Å². The van der Waals surface area contributed by atoms with Crippen LogP contribution in [-0.2, 0) is 32.6 Å². The fourth-order valence-electron chi connectivity index (χ4n) is 4.53. The van der Waals surface area contributed by atoms with Gasteiger partial charge in [-0.3, -0.25) is 13.9 Å². The highest BCUT2D eigenvalue weighted by molar-refractivity contribution is 7.92. The first-order valence-electron chi connectivity index (χ1n) is 13.2. The topological polar surface area (TPSA) is 86.8 Å². The number of carbonyl (C=O) groups excluding carboxylic acids is 2. The van der Waals surface area contributed by atoms with Crippen LogP contribution in [0, 0.1) is 6.92 Å². The predicted octanol–water partition coefficient (Wildman–Crippen LogP) is 5.88. The number of sulfonamides is 1. The van der Waals surface area contributed by atoms with Gasteiger partial charge in [-0.25, -0.2) is 8.42 Å². The van der Waals surface area contributed by atoms with Crippen LogP contribution in [0.25, 0.3) is 0 Å². The highest BCUT2D eigenvalue weighted by atomic mass is 35.5. The Morgan fingerprint density at radius 2 is 1.52 bits per heavy atom. The molecule has 42 heavy (non-hydrogen) atoms. The normalized spacial score (nSPS) is 11.9. The van der Waals surface area contributed by atoms with E-state index in [-0.39, 0.29) is 23.5 Å². The molecule has 0 aliphatic heterocycles. The summed E-state index contributed by atoms with van der Waals surface area (Å²) in [7, 11) is -2.71. The summed E-state index contributed by atoms with van der Waals surface area (Å²) in [6, 6.07) is 28.0. The molecular formula is C32H31Cl2N3O4S. The largest absolute Gasteiger partial charge is 0.357 e. The number of halogens is 2. The monoisotopic (exact) mass is 623 g/mol. The average Bonchev–Trinajstić information content (AvgIpc) is 2.98. The molecule has 0 radical (unpaired) electrons. The van der Waals surface area contributed by atoms with Crippen molar-refractivity contribution in [2.24, 2.45) is 0 Å². The lowest BCUT2D eigenvalue weighted by molar-refractivity contribution is -0.139. The molecular weight excluding hydrogens is 593 g/mol. The summed E-state index contributed by atoms with van der Waals surface area (Å²) in [5, 5.41) is 3.39. The van der Waals surface area contributed by atoms with Crippen molar-refractivity contribution in [3.63, 3.8) is 0 Å². The molecule has 2 amide bonds. The average molecular weight is 625 g/mol. The Hall–Kier alpha value is -3.85. The van der Waals surface area contributed by atoms with Gasteiger partial charge in [0.1, 0.15) is 12.6 Å². The smallest absolute Gasteiger partial charge is 0.264 e. The maximum atomic E-state index is 14.3. The van der Waals surface area contributed by atoms with Gasteiger partial charge in [-0.2, -0.15) is 0 Å². The predicted molar refractivity (Wildman–Crippen MR) is 167 cm³/mol. The van der Waals surface area contributed by atoms with Gasteiger partial charge in [-0.05, 0) is 54.4 Å². The van der Waals surface area contributed by atoms with Gasteiger partial charge in [-0.1, -0.05) is 95.5 Å². The summed E-state index contributed by atoms with van der Waals surface area (Å²) in [4.78, 5) is 29.0. The number of rotatable bonds is 11. The van der Waals surface area contributed by atoms with E-state index in [1.165, 1.54) is 30.1 Å². The molecule has 10 heteroatoms.